The second-order valence-electron chi connectivity index (χ2n) is 4.02. The summed E-state index contributed by atoms with van der Waals surface area (Å²) in [6.07, 6.45) is 0. The standard InChI is InChI=1S/C14H12ClF2N/c1-9-5-6-10(7-12(9)15)18-8-11-13(16)3-2-4-14(11)17/h2-7,18H,8H2,1H3. The quantitative estimate of drug-likeness (QED) is 0.861. The van der Waals surface area contributed by atoms with Gasteiger partial charge in [-0.25, -0.2) is 8.78 Å². The first kappa shape index (κ1) is 12.8. The van der Waals surface area contributed by atoms with Gasteiger partial charge in [0.15, 0.2) is 0 Å². The molecule has 1 N–H and O–H groups in total. The summed E-state index contributed by atoms with van der Waals surface area (Å²) in [7, 11) is 0. The molecule has 4 heteroatoms. The van der Waals surface area contributed by atoms with Crippen LogP contribution in [0.2, 0.25) is 5.02 Å². The van der Waals surface area contributed by atoms with Crippen molar-refractivity contribution in [1.82, 2.24) is 0 Å². The van der Waals surface area contributed by atoms with Crippen LogP contribution in [0.15, 0.2) is 36.4 Å². The fourth-order valence-corrected chi connectivity index (χ4v) is 1.78. The maximum Gasteiger partial charge on any atom is 0.131 e. The van der Waals surface area contributed by atoms with Gasteiger partial charge in [0.1, 0.15) is 11.6 Å². The van der Waals surface area contributed by atoms with Crippen molar-refractivity contribution in [1.29, 1.82) is 0 Å². The molecule has 18 heavy (non-hydrogen) atoms. The molecule has 1 nitrogen and oxygen atoms in total. The first-order valence-corrected chi connectivity index (χ1v) is 5.88. The summed E-state index contributed by atoms with van der Waals surface area (Å²) >= 11 is 5.97. The fraction of sp³-hybridized carbons (Fsp3) is 0.143. The summed E-state index contributed by atoms with van der Waals surface area (Å²) in [6.45, 7) is 1.97. The number of anilines is 1. The van der Waals surface area contributed by atoms with E-state index < -0.39 is 11.6 Å². The van der Waals surface area contributed by atoms with E-state index in [2.05, 4.69) is 5.32 Å². The maximum atomic E-state index is 13.4. The summed E-state index contributed by atoms with van der Waals surface area (Å²) in [5, 5.41) is 3.57. The van der Waals surface area contributed by atoms with Crippen molar-refractivity contribution in [2.75, 3.05) is 5.32 Å². The highest BCUT2D eigenvalue weighted by Gasteiger charge is 2.07. The van der Waals surface area contributed by atoms with Gasteiger partial charge in [0.2, 0.25) is 0 Å². The monoisotopic (exact) mass is 267 g/mol. The van der Waals surface area contributed by atoms with Crippen LogP contribution in [-0.2, 0) is 6.54 Å². The van der Waals surface area contributed by atoms with E-state index in [1.807, 2.05) is 19.1 Å². The number of nitrogens with one attached hydrogen (secondary N) is 1. The van der Waals surface area contributed by atoms with Crippen LogP contribution in [0.25, 0.3) is 0 Å². The molecule has 0 amide bonds. The van der Waals surface area contributed by atoms with E-state index >= 15 is 0 Å². The van der Waals surface area contributed by atoms with E-state index in [4.69, 9.17) is 11.6 Å². The first-order chi connectivity index (χ1) is 8.58. The van der Waals surface area contributed by atoms with E-state index in [0.29, 0.717) is 5.02 Å². The maximum absolute atomic E-state index is 13.4. The molecule has 0 aromatic heterocycles. The Kier molecular flexibility index (Phi) is 3.82. The predicted octanol–water partition coefficient (Wildman–Crippen LogP) is 4.54. The van der Waals surface area contributed by atoms with Crippen molar-refractivity contribution >= 4 is 17.3 Å². The largest absolute Gasteiger partial charge is 0.381 e. The molecule has 0 saturated heterocycles. The Balaban J connectivity index is 2.14. The Morgan fingerprint density at radius 3 is 2.39 bits per heavy atom. The number of benzene rings is 2. The SMILES string of the molecule is Cc1ccc(NCc2c(F)cccc2F)cc1Cl. The topological polar surface area (TPSA) is 12.0 Å². The van der Waals surface area contributed by atoms with Gasteiger partial charge in [0.25, 0.3) is 0 Å². The Bertz CT molecular complexity index is 549. The molecule has 0 saturated carbocycles. The van der Waals surface area contributed by atoms with E-state index in [9.17, 15) is 8.78 Å². The Morgan fingerprint density at radius 2 is 1.78 bits per heavy atom. The lowest BCUT2D eigenvalue weighted by molar-refractivity contribution is 0.560. The minimum absolute atomic E-state index is 0.0224. The number of aryl methyl sites for hydroxylation is 1. The molecule has 0 atom stereocenters. The van der Waals surface area contributed by atoms with E-state index in [-0.39, 0.29) is 12.1 Å². The van der Waals surface area contributed by atoms with Crippen molar-refractivity contribution in [3.8, 4) is 0 Å². The summed E-state index contributed by atoms with van der Waals surface area (Å²) in [4.78, 5) is 0. The number of rotatable bonds is 3. The lowest BCUT2D eigenvalue weighted by Gasteiger charge is -2.09. The Morgan fingerprint density at radius 1 is 1.11 bits per heavy atom. The molecule has 0 heterocycles. The van der Waals surface area contributed by atoms with Crippen LogP contribution in [0.4, 0.5) is 14.5 Å². The highest BCUT2D eigenvalue weighted by Crippen LogP contribution is 2.21. The third-order valence-electron chi connectivity index (χ3n) is 2.70. The zero-order valence-electron chi connectivity index (χ0n) is 9.81. The molecule has 0 aliphatic rings. The number of hydrogen-bond acceptors (Lipinski definition) is 1. The van der Waals surface area contributed by atoms with Gasteiger partial charge < -0.3 is 5.32 Å². The van der Waals surface area contributed by atoms with Gasteiger partial charge in [-0.05, 0) is 36.8 Å². The molecule has 0 aliphatic carbocycles. The average molecular weight is 268 g/mol. The second kappa shape index (κ2) is 5.36. The second-order valence-corrected chi connectivity index (χ2v) is 4.42. The lowest BCUT2D eigenvalue weighted by atomic mass is 10.2. The molecule has 0 radical (unpaired) electrons. The van der Waals surface area contributed by atoms with Gasteiger partial charge in [-0.2, -0.15) is 0 Å². The van der Waals surface area contributed by atoms with Gasteiger partial charge in [-0.15, -0.1) is 0 Å². The molecule has 0 fully saturated rings. The molecule has 0 bridgehead atoms. The average Bonchev–Trinajstić information content (AvgIpc) is 2.33. The molecule has 2 rings (SSSR count). The zero-order chi connectivity index (χ0) is 13.1. The highest BCUT2D eigenvalue weighted by molar-refractivity contribution is 6.31. The van der Waals surface area contributed by atoms with Gasteiger partial charge in [0.05, 0.1) is 0 Å². The van der Waals surface area contributed by atoms with Crippen LogP contribution in [0.3, 0.4) is 0 Å². The van der Waals surface area contributed by atoms with Crippen molar-refractivity contribution in [3.63, 3.8) is 0 Å². The molecule has 0 aliphatic heterocycles. The van der Waals surface area contributed by atoms with Crippen molar-refractivity contribution < 1.29 is 8.78 Å². The molecule has 2 aromatic carbocycles. The van der Waals surface area contributed by atoms with Gasteiger partial charge in [-0.1, -0.05) is 23.7 Å². The summed E-state index contributed by atoms with van der Waals surface area (Å²) in [5.41, 5.74) is 1.71. The summed E-state index contributed by atoms with van der Waals surface area (Å²) < 4.78 is 26.8. The third-order valence-corrected chi connectivity index (χ3v) is 3.11. The minimum atomic E-state index is -0.555. The van der Waals surface area contributed by atoms with E-state index in [0.717, 1.165) is 11.3 Å². The number of halogens is 3. The summed E-state index contributed by atoms with van der Waals surface area (Å²) in [5.74, 6) is -1.11. The molecular formula is C14H12ClF2N. The predicted molar refractivity (Wildman–Crippen MR) is 69.9 cm³/mol. The van der Waals surface area contributed by atoms with Crippen LogP contribution in [0, 0.1) is 18.6 Å². The van der Waals surface area contributed by atoms with Crippen molar-refractivity contribution in [2.45, 2.75) is 13.5 Å². The highest BCUT2D eigenvalue weighted by atomic mass is 35.5. The van der Waals surface area contributed by atoms with Gasteiger partial charge in [-0.3, -0.25) is 0 Å². The van der Waals surface area contributed by atoms with E-state index in [1.54, 1.807) is 6.07 Å². The molecular weight excluding hydrogens is 256 g/mol. The van der Waals surface area contributed by atoms with Crippen molar-refractivity contribution in [2.24, 2.45) is 0 Å². The third kappa shape index (κ3) is 2.79. The lowest BCUT2D eigenvalue weighted by Crippen LogP contribution is -2.04. The summed E-state index contributed by atoms with van der Waals surface area (Å²) in [6, 6.07) is 9.22. The number of hydrogen-bond donors (Lipinski definition) is 1. The first-order valence-electron chi connectivity index (χ1n) is 5.51. The minimum Gasteiger partial charge on any atom is -0.381 e. The zero-order valence-corrected chi connectivity index (χ0v) is 10.6. The molecule has 0 unspecified atom stereocenters. The Labute approximate surface area is 109 Å². The van der Waals surface area contributed by atoms with Crippen molar-refractivity contribution in [3.05, 3.63) is 64.2 Å². The molecule has 2 aromatic rings. The van der Waals surface area contributed by atoms with Gasteiger partial charge >= 0.3 is 0 Å². The smallest absolute Gasteiger partial charge is 0.131 e. The van der Waals surface area contributed by atoms with Crippen LogP contribution in [0.1, 0.15) is 11.1 Å². The normalized spacial score (nSPS) is 10.4. The molecule has 0 spiro atoms. The fourth-order valence-electron chi connectivity index (χ4n) is 1.59. The molecule has 94 valence electrons. The van der Waals surface area contributed by atoms with Crippen LogP contribution in [0.5, 0.6) is 0 Å². The van der Waals surface area contributed by atoms with Crippen LogP contribution >= 0.6 is 11.6 Å². The van der Waals surface area contributed by atoms with Crippen LogP contribution < -0.4 is 5.32 Å². The van der Waals surface area contributed by atoms with Gasteiger partial charge in [0, 0.05) is 22.8 Å². The van der Waals surface area contributed by atoms with Crippen LogP contribution in [-0.4, -0.2) is 0 Å². The van der Waals surface area contributed by atoms with E-state index in [1.165, 1.54) is 18.2 Å². The Hall–Kier alpha value is -1.61.